The molecule has 1 aromatic heterocycles. The lowest BCUT2D eigenvalue weighted by atomic mass is 9.91. The summed E-state index contributed by atoms with van der Waals surface area (Å²) < 4.78 is 0. The molecule has 0 radical (unpaired) electrons. The first kappa shape index (κ1) is 11.5. The zero-order valence-electron chi connectivity index (χ0n) is 10.5. The lowest BCUT2D eigenvalue weighted by Crippen LogP contribution is -2.46. The van der Waals surface area contributed by atoms with Crippen LogP contribution in [-0.2, 0) is 0 Å². The lowest BCUT2D eigenvalue weighted by molar-refractivity contribution is 0.0507. The van der Waals surface area contributed by atoms with Crippen molar-refractivity contribution in [3.8, 4) is 0 Å². The Morgan fingerprint density at radius 1 is 1.25 bits per heavy atom. The fraction of sp³-hybridized carbons (Fsp3) is 0.692. The van der Waals surface area contributed by atoms with Crippen molar-refractivity contribution in [1.82, 2.24) is 15.1 Å². The molecule has 2 heterocycles. The summed E-state index contributed by atoms with van der Waals surface area (Å²) in [7, 11) is 0. The van der Waals surface area contributed by atoms with Gasteiger partial charge in [-0.25, -0.2) is 0 Å². The lowest BCUT2D eigenvalue weighted by Gasteiger charge is -2.44. The number of nitrogens with zero attached hydrogens (tertiary/aromatic N) is 3. The highest BCUT2D eigenvalue weighted by Gasteiger charge is 2.31. The van der Waals surface area contributed by atoms with E-state index in [1.165, 1.54) is 31.4 Å². The van der Waals surface area contributed by atoms with Gasteiger partial charge in [0.15, 0.2) is 0 Å². The normalized spacial score (nSPS) is 23.3. The van der Waals surface area contributed by atoms with Crippen LogP contribution in [0.25, 0.3) is 0 Å². The zero-order chi connectivity index (χ0) is 11.6. The third-order valence-corrected chi connectivity index (χ3v) is 3.36. The van der Waals surface area contributed by atoms with Gasteiger partial charge in [0.25, 0.3) is 0 Å². The van der Waals surface area contributed by atoms with Gasteiger partial charge in [-0.2, -0.15) is 10.2 Å². The van der Waals surface area contributed by atoms with Crippen molar-refractivity contribution in [3.63, 3.8) is 0 Å². The van der Waals surface area contributed by atoms with Crippen molar-refractivity contribution in [3.05, 3.63) is 24.0 Å². The number of likely N-dealkylation sites (tertiary alicyclic amines) is 1. The summed E-state index contributed by atoms with van der Waals surface area (Å²) in [6, 6.07) is 2.62. The van der Waals surface area contributed by atoms with E-state index in [2.05, 4.69) is 41.9 Å². The van der Waals surface area contributed by atoms with E-state index >= 15 is 0 Å². The molecule has 0 spiro atoms. The van der Waals surface area contributed by atoms with E-state index in [-0.39, 0.29) is 5.54 Å². The van der Waals surface area contributed by atoms with Crippen LogP contribution in [0.2, 0.25) is 0 Å². The van der Waals surface area contributed by atoms with E-state index in [0.717, 1.165) is 0 Å². The minimum Gasteiger partial charge on any atom is -0.291 e. The summed E-state index contributed by atoms with van der Waals surface area (Å²) in [6.45, 7) is 8.07. The van der Waals surface area contributed by atoms with E-state index in [9.17, 15) is 0 Å². The summed E-state index contributed by atoms with van der Waals surface area (Å²) in [5.74, 6) is 0. The van der Waals surface area contributed by atoms with Crippen molar-refractivity contribution in [2.24, 2.45) is 0 Å². The maximum absolute atomic E-state index is 4.00. The molecule has 0 aliphatic carbocycles. The third kappa shape index (κ3) is 2.40. The van der Waals surface area contributed by atoms with Crippen LogP contribution in [-0.4, -0.2) is 27.2 Å². The second kappa shape index (κ2) is 4.50. The molecule has 88 valence electrons. The molecule has 3 nitrogen and oxygen atoms in total. The molecule has 0 saturated carbocycles. The van der Waals surface area contributed by atoms with Crippen molar-refractivity contribution in [1.29, 1.82) is 0 Å². The van der Waals surface area contributed by atoms with Crippen LogP contribution in [0.4, 0.5) is 0 Å². The average molecular weight is 219 g/mol. The van der Waals surface area contributed by atoms with Gasteiger partial charge in [0.05, 0.1) is 6.20 Å². The Kier molecular flexibility index (Phi) is 3.24. The van der Waals surface area contributed by atoms with Crippen molar-refractivity contribution < 1.29 is 0 Å². The first-order valence-corrected chi connectivity index (χ1v) is 6.12. The molecule has 1 atom stereocenters. The quantitative estimate of drug-likeness (QED) is 0.727. The van der Waals surface area contributed by atoms with E-state index in [4.69, 9.17) is 0 Å². The number of piperidine rings is 1. The number of aromatic nitrogens is 2. The molecule has 1 fully saturated rings. The van der Waals surface area contributed by atoms with Crippen molar-refractivity contribution >= 4 is 0 Å². The third-order valence-electron chi connectivity index (χ3n) is 3.36. The van der Waals surface area contributed by atoms with Gasteiger partial charge in [0.1, 0.15) is 0 Å². The summed E-state index contributed by atoms with van der Waals surface area (Å²) in [5, 5.41) is 7.86. The van der Waals surface area contributed by atoms with Crippen LogP contribution in [0.3, 0.4) is 0 Å². The molecular formula is C13H21N3. The molecule has 0 amide bonds. The molecule has 0 N–H and O–H groups in total. The zero-order valence-corrected chi connectivity index (χ0v) is 10.5. The van der Waals surface area contributed by atoms with Gasteiger partial charge in [-0.05, 0) is 51.8 Å². The number of rotatable bonds is 1. The standard InChI is InChI=1S/C13H21N3/c1-13(2,3)16-9-5-4-6-12(16)11-7-8-14-15-10-11/h7-8,10,12H,4-6,9H2,1-3H3/t12-/m0/s1. The van der Waals surface area contributed by atoms with Crippen LogP contribution in [0, 0.1) is 0 Å². The summed E-state index contributed by atoms with van der Waals surface area (Å²) >= 11 is 0. The molecule has 2 rings (SSSR count). The number of hydrogen-bond donors (Lipinski definition) is 0. The maximum atomic E-state index is 4.00. The van der Waals surface area contributed by atoms with Gasteiger partial charge in [0.2, 0.25) is 0 Å². The Labute approximate surface area is 97.9 Å². The van der Waals surface area contributed by atoms with Crippen LogP contribution < -0.4 is 0 Å². The first-order chi connectivity index (χ1) is 7.59. The molecule has 1 aromatic rings. The van der Waals surface area contributed by atoms with Gasteiger partial charge >= 0.3 is 0 Å². The predicted molar refractivity (Wildman–Crippen MR) is 65.1 cm³/mol. The van der Waals surface area contributed by atoms with Crippen LogP contribution in [0.1, 0.15) is 51.6 Å². The SMILES string of the molecule is CC(C)(C)N1CCCC[C@H]1c1ccnnc1. The highest BCUT2D eigenvalue weighted by Crippen LogP contribution is 2.35. The van der Waals surface area contributed by atoms with Gasteiger partial charge in [-0.1, -0.05) is 6.42 Å². The molecule has 0 unspecified atom stereocenters. The molecule has 0 bridgehead atoms. The Morgan fingerprint density at radius 2 is 2.06 bits per heavy atom. The van der Waals surface area contributed by atoms with Crippen LogP contribution in [0.5, 0.6) is 0 Å². The highest BCUT2D eigenvalue weighted by atomic mass is 15.2. The molecule has 16 heavy (non-hydrogen) atoms. The van der Waals surface area contributed by atoms with Gasteiger partial charge < -0.3 is 0 Å². The van der Waals surface area contributed by atoms with Crippen molar-refractivity contribution in [2.45, 2.75) is 51.6 Å². The Bertz CT molecular complexity index is 329. The molecule has 1 aliphatic rings. The van der Waals surface area contributed by atoms with E-state index in [0.29, 0.717) is 6.04 Å². The predicted octanol–water partition coefficient (Wildman–Crippen LogP) is 2.80. The average Bonchev–Trinajstić information content (AvgIpc) is 2.29. The summed E-state index contributed by atoms with van der Waals surface area (Å²) in [4.78, 5) is 2.59. The summed E-state index contributed by atoms with van der Waals surface area (Å²) in [5.41, 5.74) is 1.54. The fourth-order valence-corrected chi connectivity index (χ4v) is 2.58. The minimum absolute atomic E-state index is 0.231. The maximum Gasteiger partial charge on any atom is 0.0544 e. The largest absolute Gasteiger partial charge is 0.291 e. The molecule has 1 saturated heterocycles. The molecule has 0 aromatic carbocycles. The Hall–Kier alpha value is -0.960. The number of hydrogen-bond acceptors (Lipinski definition) is 3. The second-order valence-electron chi connectivity index (χ2n) is 5.55. The topological polar surface area (TPSA) is 29.0 Å². The molecule has 3 heteroatoms. The monoisotopic (exact) mass is 219 g/mol. The second-order valence-corrected chi connectivity index (χ2v) is 5.55. The fourth-order valence-electron chi connectivity index (χ4n) is 2.58. The van der Waals surface area contributed by atoms with E-state index in [1.807, 2.05) is 6.20 Å². The van der Waals surface area contributed by atoms with Gasteiger partial charge in [-0.3, -0.25) is 4.90 Å². The molecule has 1 aliphatic heterocycles. The summed E-state index contributed by atoms with van der Waals surface area (Å²) in [6.07, 6.45) is 7.58. The van der Waals surface area contributed by atoms with E-state index in [1.54, 1.807) is 6.20 Å². The first-order valence-electron chi connectivity index (χ1n) is 6.12. The van der Waals surface area contributed by atoms with Crippen molar-refractivity contribution in [2.75, 3.05) is 6.54 Å². The highest BCUT2D eigenvalue weighted by molar-refractivity contribution is 5.13. The van der Waals surface area contributed by atoms with Gasteiger partial charge in [-0.15, -0.1) is 0 Å². The van der Waals surface area contributed by atoms with Crippen LogP contribution in [0.15, 0.2) is 18.5 Å². The Balaban J connectivity index is 2.24. The van der Waals surface area contributed by atoms with Gasteiger partial charge in [0, 0.05) is 17.8 Å². The minimum atomic E-state index is 0.231. The molecular weight excluding hydrogens is 198 g/mol. The van der Waals surface area contributed by atoms with E-state index < -0.39 is 0 Å². The Morgan fingerprint density at radius 3 is 2.69 bits per heavy atom. The smallest absolute Gasteiger partial charge is 0.0544 e. The van der Waals surface area contributed by atoms with Crippen LogP contribution >= 0.6 is 0 Å².